The first-order valence-electron chi connectivity index (χ1n) is 6.05. The zero-order valence-electron chi connectivity index (χ0n) is 10.5. The van der Waals surface area contributed by atoms with Crippen LogP contribution in [0.1, 0.15) is 24.8 Å². The summed E-state index contributed by atoms with van der Waals surface area (Å²) in [5.41, 5.74) is 0.992. The van der Waals surface area contributed by atoms with Crippen LogP contribution in [-0.4, -0.2) is 36.6 Å². The van der Waals surface area contributed by atoms with Gasteiger partial charge in [0.2, 0.25) is 0 Å². The summed E-state index contributed by atoms with van der Waals surface area (Å²) in [5.74, 6) is -0.0512. The van der Waals surface area contributed by atoms with E-state index < -0.39 is 0 Å². The van der Waals surface area contributed by atoms with Crippen molar-refractivity contribution in [3.63, 3.8) is 0 Å². The highest BCUT2D eigenvalue weighted by molar-refractivity contribution is 5.78. The molecule has 1 heterocycles. The molecule has 1 aromatic rings. The predicted molar refractivity (Wildman–Crippen MR) is 65.4 cm³/mol. The van der Waals surface area contributed by atoms with E-state index in [-0.39, 0.29) is 11.4 Å². The molecule has 1 aliphatic rings. The number of carbonyl (C=O) groups excluding carboxylic acids is 1. The van der Waals surface area contributed by atoms with E-state index in [1.165, 1.54) is 12.7 Å². The van der Waals surface area contributed by atoms with Crippen LogP contribution in [0.25, 0.3) is 0 Å². The second-order valence-electron chi connectivity index (χ2n) is 5.02. The van der Waals surface area contributed by atoms with Gasteiger partial charge in [0, 0.05) is 25.5 Å². The summed E-state index contributed by atoms with van der Waals surface area (Å²) >= 11 is 0. The lowest BCUT2D eigenvalue weighted by molar-refractivity contribution is -0.160. The van der Waals surface area contributed by atoms with Crippen molar-refractivity contribution in [3.05, 3.63) is 24.0 Å². The number of nitrogens with one attached hydrogen (secondary N) is 1. The number of nitrogens with zero attached hydrogens (tertiary/aromatic N) is 1. The van der Waals surface area contributed by atoms with Crippen LogP contribution in [-0.2, 0) is 16.1 Å². The summed E-state index contributed by atoms with van der Waals surface area (Å²) in [6, 6.07) is 2.06. The van der Waals surface area contributed by atoms with Crippen LogP contribution in [0, 0.1) is 5.41 Å². The summed E-state index contributed by atoms with van der Waals surface area (Å²) in [7, 11) is 3.53. The van der Waals surface area contributed by atoms with Gasteiger partial charge in [0.1, 0.15) is 0 Å². The van der Waals surface area contributed by atoms with Crippen molar-refractivity contribution in [3.8, 4) is 0 Å². The van der Waals surface area contributed by atoms with E-state index in [1.807, 2.05) is 12.4 Å². The molecule has 1 aromatic heterocycles. The van der Waals surface area contributed by atoms with Crippen LogP contribution in [0.5, 0.6) is 0 Å². The molecule has 0 bridgehead atoms. The highest BCUT2D eigenvalue weighted by Crippen LogP contribution is 2.42. The Labute approximate surface area is 102 Å². The number of aromatic amines is 1. The van der Waals surface area contributed by atoms with Gasteiger partial charge in [-0.25, -0.2) is 0 Å². The number of esters is 1. The molecule has 1 N–H and O–H groups in total. The van der Waals surface area contributed by atoms with Gasteiger partial charge in [0.25, 0.3) is 0 Å². The Morgan fingerprint density at radius 3 is 2.82 bits per heavy atom. The van der Waals surface area contributed by atoms with E-state index in [9.17, 15) is 4.79 Å². The van der Waals surface area contributed by atoms with Gasteiger partial charge in [-0.3, -0.25) is 4.79 Å². The van der Waals surface area contributed by atoms with Crippen molar-refractivity contribution < 1.29 is 9.53 Å². The molecule has 2 rings (SSSR count). The second kappa shape index (κ2) is 4.92. The van der Waals surface area contributed by atoms with Crippen LogP contribution < -0.4 is 0 Å². The van der Waals surface area contributed by atoms with Gasteiger partial charge in [-0.15, -0.1) is 0 Å². The van der Waals surface area contributed by atoms with Gasteiger partial charge in [-0.1, -0.05) is 6.42 Å². The SMILES string of the molecule is COC(=O)C1(CN(C)Cc2cc[nH]c2)CCC1. The smallest absolute Gasteiger partial charge is 0.313 e. The third-order valence-electron chi connectivity index (χ3n) is 3.62. The molecule has 94 valence electrons. The Bertz CT molecular complexity index is 369. The fourth-order valence-electron chi connectivity index (χ4n) is 2.59. The van der Waals surface area contributed by atoms with Crippen LogP contribution >= 0.6 is 0 Å². The van der Waals surface area contributed by atoms with E-state index >= 15 is 0 Å². The van der Waals surface area contributed by atoms with Crippen LogP contribution in [0.15, 0.2) is 18.5 Å². The number of rotatable bonds is 5. The predicted octanol–water partition coefficient (Wildman–Crippen LogP) is 1.79. The van der Waals surface area contributed by atoms with Gasteiger partial charge in [-0.2, -0.15) is 0 Å². The van der Waals surface area contributed by atoms with Gasteiger partial charge in [-0.05, 0) is 31.5 Å². The molecule has 1 fully saturated rings. The maximum absolute atomic E-state index is 11.8. The molecule has 0 atom stereocenters. The van der Waals surface area contributed by atoms with Crippen molar-refractivity contribution >= 4 is 5.97 Å². The summed E-state index contributed by atoms with van der Waals surface area (Å²) < 4.78 is 4.92. The number of aromatic nitrogens is 1. The van der Waals surface area contributed by atoms with Crippen molar-refractivity contribution in [2.24, 2.45) is 5.41 Å². The number of methoxy groups -OCH3 is 1. The monoisotopic (exact) mass is 236 g/mol. The minimum Gasteiger partial charge on any atom is -0.469 e. The molecule has 4 nitrogen and oxygen atoms in total. The van der Waals surface area contributed by atoms with E-state index in [0.29, 0.717) is 0 Å². The molecule has 1 saturated carbocycles. The first-order chi connectivity index (χ1) is 8.16. The van der Waals surface area contributed by atoms with Crippen LogP contribution in [0.3, 0.4) is 0 Å². The minimum absolute atomic E-state index is 0.0512. The van der Waals surface area contributed by atoms with Crippen LogP contribution in [0.2, 0.25) is 0 Å². The fourth-order valence-corrected chi connectivity index (χ4v) is 2.59. The highest BCUT2D eigenvalue weighted by atomic mass is 16.5. The van der Waals surface area contributed by atoms with Gasteiger partial charge < -0.3 is 14.6 Å². The largest absolute Gasteiger partial charge is 0.469 e. The van der Waals surface area contributed by atoms with E-state index in [0.717, 1.165) is 32.4 Å². The Morgan fingerprint density at radius 2 is 2.35 bits per heavy atom. The Morgan fingerprint density at radius 1 is 1.59 bits per heavy atom. The molecule has 1 aliphatic carbocycles. The Kier molecular flexibility index (Phi) is 3.52. The zero-order valence-corrected chi connectivity index (χ0v) is 10.5. The highest BCUT2D eigenvalue weighted by Gasteiger charge is 2.45. The first-order valence-corrected chi connectivity index (χ1v) is 6.05. The average Bonchev–Trinajstić information content (AvgIpc) is 2.75. The number of ether oxygens (including phenoxy) is 1. The lowest BCUT2D eigenvalue weighted by Crippen LogP contribution is -2.47. The quantitative estimate of drug-likeness (QED) is 0.793. The topological polar surface area (TPSA) is 45.3 Å². The molecule has 4 heteroatoms. The zero-order chi connectivity index (χ0) is 12.3. The molecular weight excluding hydrogens is 216 g/mol. The van der Waals surface area contributed by atoms with E-state index in [2.05, 4.69) is 23.0 Å². The lowest BCUT2D eigenvalue weighted by Gasteiger charge is -2.41. The lowest BCUT2D eigenvalue weighted by atomic mass is 9.68. The molecule has 0 aliphatic heterocycles. The Hall–Kier alpha value is -1.29. The molecule has 0 radical (unpaired) electrons. The molecular formula is C13H20N2O2. The minimum atomic E-state index is -0.250. The van der Waals surface area contributed by atoms with Crippen molar-refractivity contribution in [1.29, 1.82) is 0 Å². The molecule has 0 aromatic carbocycles. The second-order valence-corrected chi connectivity index (χ2v) is 5.02. The molecule has 0 unspecified atom stereocenters. The van der Waals surface area contributed by atoms with Gasteiger partial charge in [0.15, 0.2) is 0 Å². The molecule has 0 saturated heterocycles. The number of carbonyl (C=O) groups is 1. The average molecular weight is 236 g/mol. The number of hydrogen-bond acceptors (Lipinski definition) is 3. The van der Waals surface area contributed by atoms with Crippen molar-refractivity contribution in [1.82, 2.24) is 9.88 Å². The van der Waals surface area contributed by atoms with Crippen molar-refractivity contribution in [2.45, 2.75) is 25.8 Å². The van der Waals surface area contributed by atoms with Crippen molar-refractivity contribution in [2.75, 3.05) is 20.7 Å². The first kappa shape index (κ1) is 12.2. The molecule has 17 heavy (non-hydrogen) atoms. The third kappa shape index (κ3) is 2.52. The van der Waals surface area contributed by atoms with E-state index in [4.69, 9.17) is 4.74 Å². The summed E-state index contributed by atoms with van der Waals surface area (Å²) in [6.45, 7) is 1.65. The number of H-pyrrole nitrogens is 1. The maximum atomic E-state index is 11.8. The standard InChI is InChI=1S/C13H20N2O2/c1-15(9-11-4-7-14-8-11)10-13(5-3-6-13)12(16)17-2/h4,7-8,14H,3,5-6,9-10H2,1-2H3. The number of hydrogen-bond donors (Lipinski definition) is 1. The summed E-state index contributed by atoms with van der Waals surface area (Å²) in [5, 5.41) is 0. The summed E-state index contributed by atoms with van der Waals surface area (Å²) in [6.07, 6.45) is 6.95. The maximum Gasteiger partial charge on any atom is 0.313 e. The molecule has 0 spiro atoms. The van der Waals surface area contributed by atoms with Gasteiger partial charge >= 0.3 is 5.97 Å². The van der Waals surface area contributed by atoms with Crippen LogP contribution in [0.4, 0.5) is 0 Å². The molecule has 0 amide bonds. The van der Waals surface area contributed by atoms with E-state index in [1.54, 1.807) is 0 Å². The van der Waals surface area contributed by atoms with Gasteiger partial charge in [0.05, 0.1) is 12.5 Å². The summed E-state index contributed by atoms with van der Waals surface area (Å²) in [4.78, 5) is 17.0. The fraction of sp³-hybridized carbons (Fsp3) is 0.615. The Balaban J connectivity index is 1.92. The normalized spacial score (nSPS) is 17.8. The third-order valence-corrected chi connectivity index (χ3v) is 3.62.